The van der Waals surface area contributed by atoms with Crippen LogP contribution in [-0.2, 0) is 10.5 Å². The lowest BCUT2D eigenvalue weighted by molar-refractivity contribution is 0.0659. The largest absolute Gasteiger partial charge is 0.378 e. The summed E-state index contributed by atoms with van der Waals surface area (Å²) < 4.78 is 10.7. The molecule has 1 aliphatic heterocycles. The lowest BCUT2D eigenvalue weighted by Crippen LogP contribution is -2.34. The number of morpholine rings is 1. The van der Waals surface area contributed by atoms with Gasteiger partial charge in [0.05, 0.1) is 19.0 Å². The number of ether oxygens (including phenoxy) is 1. The molecule has 1 aliphatic carbocycles. The molecule has 1 N–H and O–H groups in total. The molecule has 1 unspecified atom stereocenters. The van der Waals surface area contributed by atoms with Gasteiger partial charge in [0.25, 0.3) is 0 Å². The summed E-state index contributed by atoms with van der Waals surface area (Å²) in [6, 6.07) is 0.0645. The van der Waals surface area contributed by atoms with Gasteiger partial charge in [-0.3, -0.25) is 0 Å². The highest BCUT2D eigenvalue weighted by molar-refractivity contribution is 7.99. The van der Waals surface area contributed by atoms with Crippen molar-refractivity contribution in [2.24, 2.45) is 0 Å². The zero-order chi connectivity index (χ0) is 12.9. The van der Waals surface area contributed by atoms with Crippen LogP contribution >= 0.6 is 11.8 Å². The predicted molar refractivity (Wildman–Crippen MR) is 74.0 cm³/mol. The molecular formula is C13H21N3O2S. The highest BCUT2D eigenvalue weighted by atomic mass is 32.2. The maximum atomic E-state index is 5.41. The van der Waals surface area contributed by atoms with Crippen LogP contribution in [0.25, 0.3) is 0 Å². The zero-order valence-electron chi connectivity index (χ0n) is 11.1. The fourth-order valence-electron chi connectivity index (χ4n) is 2.62. The molecule has 2 aliphatic rings. The van der Waals surface area contributed by atoms with E-state index in [1.807, 2.05) is 11.8 Å². The quantitative estimate of drug-likeness (QED) is 0.915. The number of nitrogens with zero attached hydrogens (tertiary/aromatic N) is 2. The fraction of sp³-hybridized carbons (Fsp3) is 0.846. The van der Waals surface area contributed by atoms with Gasteiger partial charge in [-0.05, 0) is 12.8 Å². The molecule has 1 aromatic heterocycles. The molecule has 0 spiro atoms. The van der Waals surface area contributed by atoms with Crippen LogP contribution in [-0.4, -0.2) is 35.1 Å². The van der Waals surface area contributed by atoms with Crippen molar-refractivity contribution in [1.29, 1.82) is 0 Å². The van der Waals surface area contributed by atoms with Crippen molar-refractivity contribution in [2.75, 3.05) is 19.8 Å². The number of rotatable bonds is 4. The first kappa shape index (κ1) is 13.4. The highest BCUT2D eigenvalue weighted by Crippen LogP contribution is 2.30. The molecule has 2 fully saturated rings. The molecule has 0 bridgehead atoms. The van der Waals surface area contributed by atoms with Gasteiger partial charge in [-0.1, -0.05) is 24.4 Å². The van der Waals surface area contributed by atoms with Crippen LogP contribution in [0.5, 0.6) is 0 Å². The second-order valence-electron chi connectivity index (χ2n) is 5.20. The summed E-state index contributed by atoms with van der Waals surface area (Å²) in [6.45, 7) is 2.23. The Hall–Kier alpha value is -0.590. The Bertz CT molecular complexity index is 387. The third-order valence-corrected chi connectivity index (χ3v) is 5.07. The van der Waals surface area contributed by atoms with E-state index < -0.39 is 0 Å². The monoisotopic (exact) mass is 283 g/mol. The molecule has 19 heavy (non-hydrogen) atoms. The van der Waals surface area contributed by atoms with Crippen LogP contribution in [0, 0.1) is 0 Å². The van der Waals surface area contributed by atoms with E-state index in [0.29, 0.717) is 12.5 Å². The van der Waals surface area contributed by atoms with Crippen LogP contribution in [0.4, 0.5) is 0 Å². The Morgan fingerprint density at radius 1 is 1.26 bits per heavy atom. The molecule has 1 aromatic rings. The third-order valence-electron chi connectivity index (χ3n) is 3.70. The second kappa shape index (κ2) is 6.72. The number of aromatic nitrogens is 2. The Kier molecular flexibility index (Phi) is 4.74. The number of nitrogens with one attached hydrogen (secondary N) is 1. The summed E-state index contributed by atoms with van der Waals surface area (Å²) in [6.07, 6.45) is 6.83. The Morgan fingerprint density at radius 2 is 2.16 bits per heavy atom. The van der Waals surface area contributed by atoms with Crippen molar-refractivity contribution in [3.63, 3.8) is 0 Å². The van der Waals surface area contributed by atoms with Gasteiger partial charge in [0.15, 0.2) is 5.82 Å². The van der Waals surface area contributed by atoms with E-state index in [1.54, 1.807) is 0 Å². The van der Waals surface area contributed by atoms with Gasteiger partial charge < -0.3 is 14.6 Å². The summed E-state index contributed by atoms with van der Waals surface area (Å²) in [5.41, 5.74) is 0. The molecule has 1 atom stereocenters. The van der Waals surface area contributed by atoms with Crippen molar-refractivity contribution in [2.45, 2.75) is 49.1 Å². The predicted octanol–water partition coefficient (Wildman–Crippen LogP) is 2.30. The number of hydrogen-bond donors (Lipinski definition) is 1. The Balaban J connectivity index is 1.49. The van der Waals surface area contributed by atoms with Crippen LogP contribution in [0.3, 0.4) is 0 Å². The smallest absolute Gasteiger partial charge is 0.246 e. The molecule has 3 rings (SSSR count). The molecule has 1 saturated carbocycles. The lowest BCUT2D eigenvalue weighted by atomic mass is 10.0. The second-order valence-corrected chi connectivity index (χ2v) is 6.49. The normalized spacial score (nSPS) is 25.6. The van der Waals surface area contributed by atoms with E-state index in [1.165, 1.54) is 32.1 Å². The Labute approximate surface area is 117 Å². The van der Waals surface area contributed by atoms with Gasteiger partial charge in [-0.2, -0.15) is 16.7 Å². The minimum atomic E-state index is 0.0645. The number of hydrogen-bond acceptors (Lipinski definition) is 6. The van der Waals surface area contributed by atoms with E-state index in [4.69, 9.17) is 9.26 Å². The Morgan fingerprint density at radius 3 is 2.95 bits per heavy atom. The first-order valence-corrected chi connectivity index (χ1v) is 8.22. The van der Waals surface area contributed by atoms with E-state index in [2.05, 4.69) is 15.5 Å². The highest BCUT2D eigenvalue weighted by Gasteiger charge is 2.22. The minimum absolute atomic E-state index is 0.0645. The van der Waals surface area contributed by atoms with Gasteiger partial charge in [0.2, 0.25) is 5.89 Å². The van der Waals surface area contributed by atoms with Gasteiger partial charge in [-0.15, -0.1) is 0 Å². The lowest BCUT2D eigenvalue weighted by Gasteiger charge is -2.20. The standard InChI is InChI=1S/C13H21N3O2S/c1-2-4-10(5-3-1)19-9-12-15-13(18-16-12)11-8-17-7-6-14-11/h10-11,14H,1-9H2. The van der Waals surface area contributed by atoms with Crippen LogP contribution in [0.15, 0.2) is 4.52 Å². The summed E-state index contributed by atoms with van der Waals surface area (Å²) >= 11 is 1.97. The summed E-state index contributed by atoms with van der Waals surface area (Å²) in [4.78, 5) is 4.48. The molecule has 6 heteroatoms. The molecule has 0 amide bonds. The van der Waals surface area contributed by atoms with E-state index in [0.717, 1.165) is 30.0 Å². The average molecular weight is 283 g/mol. The SMILES string of the molecule is C1CCC(SCc2noc(C3COCCN3)n2)CC1. The molecular weight excluding hydrogens is 262 g/mol. The first-order chi connectivity index (χ1) is 9.42. The first-order valence-electron chi connectivity index (χ1n) is 7.17. The van der Waals surface area contributed by atoms with Crippen molar-refractivity contribution in [3.8, 4) is 0 Å². The summed E-state index contributed by atoms with van der Waals surface area (Å²) in [7, 11) is 0. The average Bonchev–Trinajstić information content (AvgIpc) is 2.96. The van der Waals surface area contributed by atoms with Crippen molar-refractivity contribution < 1.29 is 9.26 Å². The fourth-order valence-corrected chi connectivity index (χ4v) is 3.78. The van der Waals surface area contributed by atoms with E-state index >= 15 is 0 Å². The maximum absolute atomic E-state index is 5.41. The van der Waals surface area contributed by atoms with Gasteiger partial charge in [-0.25, -0.2) is 0 Å². The van der Waals surface area contributed by atoms with E-state index in [-0.39, 0.29) is 6.04 Å². The number of thioether (sulfide) groups is 1. The van der Waals surface area contributed by atoms with Crippen molar-refractivity contribution in [3.05, 3.63) is 11.7 Å². The summed E-state index contributed by atoms with van der Waals surface area (Å²) in [5, 5.41) is 8.18. The van der Waals surface area contributed by atoms with Crippen molar-refractivity contribution in [1.82, 2.24) is 15.5 Å². The topological polar surface area (TPSA) is 60.2 Å². The molecule has 0 radical (unpaired) electrons. The molecule has 0 aromatic carbocycles. The van der Waals surface area contributed by atoms with E-state index in [9.17, 15) is 0 Å². The van der Waals surface area contributed by atoms with Gasteiger partial charge in [0.1, 0.15) is 6.04 Å². The van der Waals surface area contributed by atoms with Gasteiger partial charge >= 0.3 is 0 Å². The maximum Gasteiger partial charge on any atom is 0.246 e. The zero-order valence-corrected chi connectivity index (χ0v) is 12.0. The molecule has 106 valence electrons. The van der Waals surface area contributed by atoms with Crippen LogP contribution in [0.1, 0.15) is 49.9 Å². The summed E-state index contributed by atoms with van der Waals surface area (Å²) in [5.74, 6) is 2.35. The van der Waals surface area contributed by atoms with Crippen LogP contribution < -0.4 is 5.32 Å². The molecule has 1 saturated heterocycles. The van der Waals surface area contributed by atoms with Crippen molar-refractivity contribution >= 4 is 11.8 Å². The van der Waals surface area contributed by atoms with Crippen LogP contribution in [0.2, 0.25) is 0 Å². The molecule has 5 nitrogen and oxygen atoms in total. The third kappa shape index (κ3) is 3.70. The minimum Gasteiger partial charge on any atom is -0.378 e. The molecule has 2 heterocycles. The van der Waals surface area contributed by atoms with Gasteiger partial charge in [0, 0.05) is 11.8 Å².